The van der Waals surface area contributed by atoms with Crippen LogP contribution in [0.25, 0.3) is 0 Å². The van der Waals surface area contributed by atoms with Crippen LogP contribution >= 0.6 is 23.5 Å². The largest absolute Gasteiger partial charge is 0.477 e. The fourth-order valence-corrected chi connectivity index (χ4v) is 5.24. The standard InChI is InChI=1S/C19H22N2O2S.C13H11NO3S/c1-24-16-10-5-9-15(13-16)23-19-17(11-6-12-20-19)18(22)21-14-7-3-2-4-8-14;1-18-10-5-2-4-9(8-10)17-12-11(13(15)16)6-3-7-14-12/h5-6,9-14H,2-4,7-8H2,1H3,(H,21,22);2-8H,1H3,(H,15,16). The Bertz CT molecular complexity index is 1490. The lowest BCUT2D eigenvalue weighted by Crippen LogP contribution is -2.36. The van der Waals surface area contributed by atoms with Crippen LogP contribution < -0.4 is 14.8 Å². The second-order valence-corrected chi connectivity index (χ2v) is 11.1. The van der Waals surface area contributed by atoms with Crippen molar-refractivity contribution < 1.29 is 24.2 Å². The average molecular weight is 604 g/mol. The summed E-state index contributed by atoms with van der Waals surface area (Å²) in [5, 5.41) is 12.1. The van der Waals surface area contributed by atoms with Crippen molar-refractivity contribution in [2.24, 2.45) is 0 Å². The topological polar surface area (TPSA) is 111 Å². The van der Waals surface area contributed by atoms with Crippen LogP contribution in [0.5, 0.6) is 23.3 Å². The number of rotatable bonds is 9. The number of benzene rings is 2. The molecule has 218 valence electrons. The van der Waals surface area contributed by atoms with Gasteiger partial charge in [0.25, 0.3) is 5.91 Å². The molecule has 4 aromatic rings. The molecule has 0 bridgehead atoms. The number of carboxylic acids is 1. The summed E-state index contributed by atoms with van der Waals surface area (Å²) in [7, 11) is 0. The fraction of sp³-hybridized carbons (Fsp3) is 0.250. The molecule has 8 nitrogen and oxygen atoms in total. The van der Waals surface area contributed by atoms with Gasteiger partial charge in [-0.15, -0.1) is 23.5 Å². The second kappa shape index (κ2) is 15.8. The van der Waals surface area contributed by atoms with Crippen molar-refractivity contribution in [3.05, 3.63) is 96.3 Å². The molecule has 10 heteroatoms. The van der Waals surface area contributed by atoms with E-state index < -0.39 is 5.97 Å². The molecule has 0 atom stereocenters. The summed E-state index contributed by atoms with van der Waals surface area (Å²) in [4.78, 5) is 34.0. The lowest BCUT2D eigenvalue weighted by Gasteiger charge is -2.23. The summed E-state index contributed by atoms with van der Waals surface area (Å²) in [6.07, 6.45) is 12.9. The van der Waals surface area contributed by atoms with Gasteiger partial charge in [-0.25, -0.2) is 14.8 Å². The van der Waals surface area contributed by atoms with E-state index in [9.17, 15) is 9.59 Å². The van der Waals surface area contributed by atoms with E-state index in [2.05, 4.69) is 15.3 Å². The van der Waals surface area contributed by atoms with Crippen molar-refractivity contribution >= 4 is 35.4 Å². The van der Waals surface area contributed by atoms with Gasteiger partial charge in [0.15, 0.2) is 0 Å². The Morgan fingerprint density at radius 3 is 1.81 bits per heavy atom. The summed E-state index contributed by atoms with van der Waals surface area (Å²) in [5.41, 5.74) is 0.532. The van der Waals surface area contributed by atoms with E-state index in [0.717, 1.165) is 22.6 Å². The van der Waals surface area contributed by atoms with Crippen LogP contribution in [-0.4, -0.2) is 45.5 Å². The number of hydrogen-bond acceptors (Lipinski definition) is 8. The maximum atomic E-state index is 12.6. The van der Waals surface area contributed by atoms with E-state index in [4.69, 9.17) is 14.6 Å². The number of aromatic nitrogens is 2. The van der Waals surface area contributed by atoms with Gasteiger partial charge in [-0.2, -0.15) is 0 Å². The number of amides is 1. The molecular weight excluding hydrogens is 571 g/mol. The molecule has 2 N–H and O–H groups in total. The smallest absolute Gasteiger partial charge is 0.341 e. The van der Waals surface area contributed by atoms with Crippen molar-refractivity contribution in [1.82, 2.24) is 15.3 Å². The molecule has 0 spiro atoms. The zero-order valence-electron chi connectivity index (χ0n) is 23.5. The molecule has 1 aliphatic rings. The highest BCUT2D eigenvalue weighted by Crippen LogP contribution is 2.28. The van der Waals surface area contributed by atoms with Gasteiger partial charge in [0.2, 0.25) is 11.8 Å². The van der Waals surface area contributed by atoms with E-state index in [0.29, 0.717) is 22.9 Å². The summed E-state index contributed by atoms with van der Waals surface area (Å²) < 4.78 is 11.4. The first-order valence-electron chi connectivity index (χ1n) is 13.5. The minimum atomic E-state index is -1.06. The molecule has 1 saturated carbocycles. The Hall–Kier alpha value is -4.02. The molecule has 1 fully saturated rings. The van der Waals surface area contributed by atoms with Gasteiger partial charge in [0.1, 0.15) is 22.6 Å². The van der Waals surface area contributed by atoms with E-state index in [1.807, 2.05) is 55.0 Å². The number of nitrogens with zero attached hydrogens (tertiary/aromatic N) is 2. The van der Waals surface area contributed by atoms with Gasteiger partial charge in [0, 0.05) is 28.2 Å². The van der Waals surface area contributed by atoms with Gasteiger partial charge in [-0.05, 0) is 86.0 Å². The molecule has 2 aromatic heterocycles. The third kappa shape index (κ3) is 8.99. The van der Waals surface area contributed by atoms with Gasteiger partial charge >= 0.3 is 5.97 Å². The second-order valence-electron chi connectivity index (χ2n) is 9.39. The SMILES string of the molecule is CSc1cccc(Oc2ncccc2C(=O)NC2CCCCC2)c1.CSc1cccc(Oc2ncccc2C(=O)O)c1. The number of hydrogen-bond donors (Lipinski definition) is 2. The Morgan fingerprint density at radius 1 is 0.762 bits per heavy atom. The zero-order chi connectivity index (χ0) is 29.7. The van der Waals surface area contributed by atoms with E-state index >= 15 is 0 Å². The van der Waals surface area contributed by atoms with Gasteiger partial charge < -0.3 is 19.9 Å². The molecule has 42 heavy (non-hydrogen) atoms. The summed E-state index contributed by atoms with van der Waals surface area (Å²) in [6.45, 7) is 0. The van der Waals surface area contributed by atoms with Crippen LogP contribution in [0.15, 0.2) is 95.0 Å². The molecule has 1 aliphatic carbocycles. The first-order chi connectivity index (χ1) is 20.5. The Kier molecular flexibility index (Phi) is 11.7. The number of thioether (sulfide) groups is 2. The third-order valence-corrected chi connectivity index (χ3v) is 7.92. The molecule has 0 aliphatic heterocycles. The monoisotopic (exact) mass is 603 g/mol. The highest BCUT2D eigenvalue weighted by Gasteiger charge is 2.20. The quantitative estimate of drug-likeness (QED) is 0.184. The summed E-state index contributed by atoms with van der Waals surface area (Å²) >= 11 is 3.23. The van der Waals surface area contributed by atoms with Crippen LogP contribution in [-0.2, 0) is 0 Å². The average Bonchev–Trinajstić information content (AvgIpc) is 3.02. The van der Waals surface area contributed by atoms with Gasteiger partial charge in [0.05, 0.1) is 0 Å². The maximum absolute atomic E-state index is 12.6. The number of carboxylic acid groups (broad SMARTS) is 1. The first kappa shape index (κ1) is 30.9. The number of ether oxygens (including phenoxy) is 2. The molecule has 0 saturated heterocycles. The van der Waals surface area contributed by atoms with E-state index in [1.165, 1.54) is 31.5 Å². The number of nitrogens with one attached hydrogen (secondary N) is 1. The highest BCUT2D eigenvalue weighted by molar-refractivity contribution is 7.98. The van der Waals surface area contributed by atoms with E-state index in [1.54, 1.807) is 54.0 Å². The zero-order valence-corrected chi connectivity index (χ0v) is 25.1. The fourth-order valence-electron chi connectivity index (χ4n) is 4.34. The normalized spacial score (nSPS) is 12.9. The minimum Gasteiger partial charge on any atom is -0.477 e. The van der Waals surface area contributed by atoms with Crippen LogP contribution in [0.4, 0.5) is 0 Å². The summed E-state index contributed by atoms with van der Waals surface area (Å²) in [6, 6.07) is 22.0. The highest BCUT2D eigenvalue weighted by atomic mass is 32.2. The lowest BCUT2D eigenvalue weighted by atomic mass is 9.95. The number of aromatic carboxylic acids is 1. The minimum absolute atomic E-state index is 0.0482. The van der Waals surface area contributed by atoms with Crippen LogP contribution in [0.3, 0.4) is 0 Å². The van der Waals surface area contributed by atoms with Crippen molar-refractivity contribution in [3.63, 3.8) is 0 Å². The van der Waals surface area contributed by atoms with Crippen molar-refractivity contribution in [2.45, 2.75) is 47.9 Å². The Balaban J connectivity index is 0.000000201. The molecule has 2 aromatic carbocycles. The molecule has 0 unspecified atom stereocenters. The van der Waals surface area contributed by atoms with Crippen LogP contribution in [0, 0.1) is 0 Å². The molecule has 5 rings (SSSR count). The lowest BCUT2D eigenvalue weighted by molar-refractivity contribution is 0.0693. The first-order valence-corrected chi connectivity index (χ1v) is 16.0. The number of carbonyl (C=O) groups excluding carboxylic acids is 1. The molecule has 1 amide bonds. The van der Waals surface area contributed by atoms with E-state index in [-0.39, 0.29) is 23.4 Å². The van der Waals surface area contributed by atoms with Crippen LogP contribution in [0.1, 0.15) is 52.8 Å². The van der Waals surface area contributed by atoms with Crippen molar-refractivity contribution in [1.29, 1.82) is 0 Å². The van der Waals surface area contributed by atoms with Gasteiger partial charge in [-0.3, -0.25) is 4.79 Å². The predicted molar refractivity (Wildman–Crippen MR) is 166 cm³/mol. The maximum Gasteiger partial charge on any atom is 0.341 e. The molecule has 0 radical (unpaired) electrons. The Labute approximate surface area is 254 Å². The Morgan fingerprint density at radius 2 is 1.29 bits per heavy atom. The van der Waals surface area contributed by atoms with Crippen molar-refractivity contribution in [3.8, 4) is 23.3 Å². The third-order valence-electron chi connectivity index (χ3n) is 6.47. The van der Waals surface area contributed by atoms with Gasteiger partial charge in [-0.1, -0.05) is 31.4 Å². The molecular formula is C32H33N3O5S2. The number of carbonyl (C=O) groups is 2. The molecule has 2 heterocycles. The van der Waals surface area contributed by atoms with Crippen LogP contribution in [0.2, 0.25) is 0 Å². The predicted octanol–water partition coefficient (Wildman–Crippen LogP) is 7.95. The van der Waals surface area contributed by atoms with Crippen molar-refractivity contribution in [2.75, 3.05) is 12.5 Å². The summed E-state index contributed by atoms with van der Waals surface area (Å²) in [5.74, 6) is 0.549. The number of pyridine rings is 2.